The second-order valence-corrected chi connectivity index (χ2v) is 3.17. The normalized spacial score (nSPS) is 15.1. The Labute approximate surface area is 82.6 Å². The molecule has 14 heavy (non-hydrogen) atoms. The van der Waals surface area contributed by atoms with E-state index in [0.717, 1.165) is 16.9 Å². The van der Waals surface area contributed by atoms with Gasteiger partial charge in [0.1, 0.15) is 12.4 Å². The number of Topliss-reactive ketones (excluding diaryl/α,β-unsaturated/α-hetero) is 1. The number of carbonyl (C=O) groups excluding carboxylic acids is 1. The van der Waals surface area contributed by atoms with Gasteiger partial charge in [0.2, 0.25) is 0 Å². The number of rotatable bonds is 2. The van der Waals surface area contributed by atoms with Gasteiger partial charge >= 0.3 is 0 Å². The molecule has 0 saturated carbocycles. The van der Waals surface area contributed by atoms with Crippen LogP contribution in [0.25, 0.3) is 0 Å². The van der Waals surface area contributed by atoms with E-state index >= 15 is 0 Å². The minimum absolute atomic E-state index is 0.0503. The van der Waals surface area contributed by atoms with Crippen molar-refractivity contribution >= 4 is 5.78 Å². The largest absolute Gasteiger partial charge is 0.494 e. The molecule has 3 heteroatoms. The standard InChI is InChI=1S/C11H12O3/c1-2-14-9-3-4-10-8(5-9)6-13-7-11(10)12/h3-5H,2,6-7H2,1H3. The molecule has 0 aromatic heterocycles. The fraction of sp³-hybridized carbons (Fsp3) is 0.364. The Bertz CT molecular complexity index is 358. The van der Waals surface area contributed by atoms with E-state index in [4.69, 9.17) is 9.47 Å². The van der Waals surface area contributed by atoms with E-state index < -0.39 is 0 Å². The van der Waals surface area contributed by atoms with Crippen LogP contribution in [-0.2, 0) is 11.3 Å². The van der Waals surface area contributed by atoms with Gasteiger partial charge in [-0.15, -0.1) is 0 Å². The van der Waals surface area contributed by atoms with Crippen LogP contribution in [0.4, 0.5) is 0 Å². The molecule has 0 saturated heterocycles. The molecule has 3 nitrogen and oxygen atoms in total. The van der Waals surface area contributed by atoms with Crippen molar-refractivity contribution in [3.63, 3.8) is 0 Å². The van der Waals surface area contributed by atoms with Crippen LogP contribution in [0, 0.1) is 0 Å². The first-order valence-corrected chi connectivity index (χ1v) is 4.68. The number of hydrogen-bond acceptors (Lipinski definition) is 3. The van der Waals surface area contributed by atoms with Gasteiger partial charge in [-0.05, 0) is 30.7 Å². The molecule has 1 aromatic carbocycles. The second kappa shape index (κ2) is 3.80. The van der Waals surface area contributed by atoms with Crippen molar-refractivity contribution in [2.24, 2.45) is 0 Å². The van der Waals surface area contributed by atoms with Gasteiger partial charge in [-0.2, -0.15) is 0 Å². The molecule has 0 spiro atoms. The topological polar surface area (TPSA) is 35.5 Å². The van der Waals surface area contributed by atoms with Gasteiger partial charge in [0, 0.05) is 5.56 Å². The summed E-state index contributed by atoms with van der Waals surface area (Å²) in [5.74, 6) is 0.846. The fourth-order valence-corrected chi connectivity index (χ4v) is 1.55. The van der Waals surface area contributed by atoms with Gasteiger partial charge in [-0.1, -0.05) is 0 Å². The molecular weight excluding hydrogens is 180 g/mol. The molecule has 0 atom stereocenters. The minimum Gasteiger partial charge on any atom is -0.494 e. The highest BCUT2D eigenvalue weighted by molar-refractivity contribution is 5.99. The summed E-state index contributed by atoms with van der Waals surface area (Å²) in [6, 6.07) is 5.51. The summed E-state index contributed by atoms with van der Waals surface area (Å²) in [6.45, 7) is 3.26. The molecule has 0 radical (unpaired) electrons. The number of fused-ring (bicyclic) bond motifs is 1. The smallest absolute Gasteiger partial charge is 0.188 e. The zero-order valence-electron chi connectivity index (χ0n) is 8.08. The van der Waals surface area contributed by atoms with Crippen molar-refractivity contribution in [2.45, 2.75) is 13.5 Å². The Morgan fingerprint density at radius 3 is 3.07 bits per heavy atom. The van der Waals surface area contributed by atoms with Crippen molar-refractivity contribution in [3.8, 4) is 5.75 Å². The number of ether oxygens (including phenoxy) is 2. The number of hydrogen-bond donors (Lipinski definition) is 0. The average Bonchev–Trinajstić information content (AvgIpc) is 2.18. The first kappa shape index (κ1) is 9.21. The molecule has 1 aliphatic heterocycles. The Morgan fingerprint density at radius 1 is 1.43 bits per heavy atom. The maximum Gasteiger partial charge on any atom is 0.188 e. The van der Waals surface area contributed by atoms with E-state index in [9.17, 15) is 4.79 Å². The molecule has 1 heterocycles. The zero-order chi connectivity index (χ0) is 9.97. The predicted octanol–water partition coefficient (Wildman–Crippen LogP) is 1.80. The molecule has 0 fully saturated rings. The van der Waals surface area contributed by atoms with Gasteiger partial charge in [0.25, 0.3) is 0 Å². The maximum absolute atomic E-state index is 11.4. The Morgan fingerprint density at radius 2 is 2.29 bits per heavy atom. The van der Waals surface area contributed by atoms with Crippen molar-refractivity contribution in [1.82, 2.24) is 0 Å². The second-order valence-electron chi connectivity index (χ2n) is 3.17. The van der Waals surface area contributed by atoms with Crippen LogP contribution in [0.1, 0.15) is 22.8 Å². The first-order valence-electron chi connectivity index (χ1n) is 4.68. The number of ketones is 1. The van der Waals surface area contributed by atoms with Crippen LogP contribution >= 0.6 is 0 Å². The Hall–Kier alpha value is -1.35. The molecule has 74 valence electrons. The SMILES string of the molecule is CCOc1ccc2c(c1)COCC2=O. The lowest BCUT2D eigenvalue weighted by Crippen LogP contribution is -2.17. The van der Waals surface area contributed by atoms with Crippen LogP contribution in [-0.4, -0.2) is 19.0 Å². The van der Waals surface area contributed by atoms with Crippen molar-refractivity contribution in [3.05, 3.63) is 29.3 Å². The van der Waals surface area contributed by atoms with Crippen molar-refractivity contribution in [2.75, 3.05) is 13.2 Å². The number of benzene rings is 1. The maximum atomic E-state index is 11.4. The molecule has 2 rings (SSSR count). The summed E-state index contributed by atoms with van der Waals surface area (Å²) in [4.78, 5) is 11.4. The molecule has 1 aromatic rings. The van der Waals surface area contributed by atoms with Gasteiger partial charge in [0.05, 0.1) is 13.2 Å². The summed E-state index contributed by atoms with van der Waals surface area (Å²) >= 11 is 0. The quantitative estimate of drug-likeness (QED) is 0.716. The highest BCUT2D eigenvalue weighted by Crippen LogP contribution is 2.22. The monoisotopic (exact) mass is 192 g/mol. The molecule has 0 N–H and O–H groups in total. The van der Waals surface area contributed by atoms with Gasteiger partial charge in [0.15, 0.2) is 5.78 Å². The zero-order valence-corrected chi connectivity index (χ0v) is 8.08. The molecule has 0 bridgehead atoms. The van der Waals surface area contributed by atoms with Crippen molar-refractivity contribution in [1.29, 1.82) is 0 Å². The lowest BCUT2D eigenvalue weighted by molar-refractivity contribution is 0.0665. The molecular formula is C11H12O3. The van der Waals surface area contributed by atoms with E-state index in [-0.39, 0.29) is 12.4 Å². The van der Waals surface area contributed by atoms with Crippen LogP contribution in [0.3, 0.4) is 0 Å². The van der Waals surface area contributed by atoms with E-state index in [1.807, 2.05) is 25.1 Å². The van der Waals surface area contributed by atoms with Crippen LogP contribution < -0.4 is 4.74 Å². The lowest BCUT2D eigenvalue weighted by Gasteiger charge is -2.16. The van der Waals surface area contributed by atoms with Crippen LogP contribution in [0.2, 0.25) is 0 Å². The minimum atomic E-state index is 0.0503. The fourth-order valence-electron chi connectivity index (χ4n) is 1.55. The van der Waals surface area contributed by atoms with Gasteiger partial charge < -0.3 is 9.47 Å². The van der Waals surface area contributed by atoms with E-state index in [0.29, 0.717) is 13.2 Å². The van der Waals surface area contributed by atoms with E-state index in [1.54, 1.807) is 0 Å². The molecule has 0 unspecified atom stereocenters. The third-order valence-corrected chi connectivity index (χ3v) is 2.18. The molecule has 0 amide bonds. The van der Waals surface area contributed by atoms with E-state index in [1.165, 1.54) is 0 Å². The summed E-state index contributed by atoms with van der Waals surface area (Å²) < 4.78 is 10.5. The summed E-state index contributed by atoms with van der Waals surface area (Å²) in [7, 11) is 0. The van der Waals surface area contributed by atoms with Crippen LogP contribution in [0.15, 0.2) is 18.2 Å². The lowest BCUT2D eigenvalue weighted by atomic mass is 10.0. The average molecular weight is 192 g/mol. The van der Waals surface area contributed by atoms with Gasteiger partial charge in [-0.3, -0.25) is 4.79 Å². The Kier molecular flexibility index (Phi) is 2.50. The van der Waals surface area contributed by atoms with Crippen molar-refractivity contribution < 1.29 is 14.3 Å². The molecule has 0 aliphatic carbocycles. The Balaban J connectivity index is 2.34. The van der Waals surface area contributed by atoms with Crippen LogP contribution in [0.5, 0.6) is 5.75 Å². The summed E-state index contributed by atoms with van der Waals surface area (Å²) in [5.41, 5.74) is 1.69. The van der Waals surface area contributed by atoms with Gasteiger partial charge in [-0.25, -0.2) is 0 Å². The highest BCUT2D eigenvalue weighted by atomic mass is 16.5. The molecule has 1 aliphatic rings. The highest BCUT2D eigenvalue weighted by Gasteiger charge is 2.17. The summed E-state index contributed by atoms with van der Waals surface area (Å²) in [5, 5.41) is 0. The third-order valence-electron chi connectivity index (χ3n) is 2.18. The first-order chi connectivity index (χ1) is 6.81. The third kappa shape index (κ3) is 1.63. The van der Waals surface area contributed by atoms with E-state index in [2.05, 4.69) is 0 Å². The number of carbonyl (C=O) groups is 1. The summed E-state index contributed by atoms with van der Waals surface area (Å²) in [6.07, 6.45) is 0. The predicted molar refractivity (Wildman–Crippen MR) is 51.6 cm³/mol.